The first-order valence-electron chi connectivity index (χ1n) is 19.2. The Hall–Kier alpha value is -5.21. The molecule has 59 heavy (non-hydrogen) atoms. The first-order chi connectivity index (χ1) is 28.1. The summed E-state index contributed by atoms with van der Waals surface area (Å²) in [5.41, 5.74) is 2.78. The number of furan rings is 1. The highest BCUT2D eigenvalue weighted by Gasteiger charge is 2.37. The Balaban J connectivity index is 0.00000585. The van der Waals surface area contributed by atoms with Crippen molar-refractivity contribution in [1.29, 1.82) is 0 Å². The standard InChI is InChI=1S/C44H42Cl2F2N2O8.H2O/c1-2-53-40-20-30(11-13-37(40)58-44(47)48)39(21-34-35(45)23-49-24-36(34)46)57-43(52)38-14-12-32(55-38)26-54-31-10-6-9-29(19-31)33(27-7-4-3-5-8-27)22-42(51)56-41-25-50-17-15-28(41)16-18-50;/h3-14,19-20,23-24,28,33,39,41,44H,2,15-18,21-22,25-26H2,1H3;1H2/t33-,39-,41-;/m0./s1. The number of hydrogen-bond donors (Lipinski definition) is 0. The number of carbonyl (C=O) groups excluding carboxylic acids is 2. The van der Waals surface area contributed by atoms with Gasteiger partial charge in [-0.2, -0.15) is 8.78 Å². The molecule has 0 amide bonds. The van der Waals surface area contributed by atoms with Gasteiger partial charge in [0.1, 0.15) is 40.4 Å². The average molecular weight is 854 g/mol. The number of hydrogen-bond acceptors (Lipinski definition) is 10. The van der Waals surface area contributed by atoms with Crippen LogP contribution in [0.25, 0.3) is 0 Å². The maximum absolute atomic E-state index is 13.6. The third-order valence-electron chi connectivity index (χ3n) is 10.4. The first kappa shape index (κ1) is 43.4. The van der Waals surface area contributed by atoms with E-state index in [0.29, 0.717) is 38.6 Å². The van der Waals surface area contributed by atoms with Crippen LogP contribution in [0, 0.1) is 5.92 Å². The molecule has 3 fully saturated rings. The number of aromatic amines is 1. The number of alkyl halides is 2. The highest BCUT2D eigenvalue weighted by atomic mass is 35.5. The predicted molar refractivity (Wildman–Crippen MR) is 212 cm³/mol. The van der Waals surface area contributed by atoms with Crippen LogP contribution in [0.5, 0.6) is 17.2 Å². The van der Waals surface area contributed by atoms with Crippen molar-refractivity contribution in [1.82, 2.24) is 4.90 Å². The van der Waals surface area contributed by atoms with E-state index in [-0.39, 0.29) is 66.8 Å². The molecule has 0 aliphatic carbocycles. The number of carbonyl (C=O) groups is 2. The van der Waals surface area contributed by atoms with Gasteiger partial charge in [0.2, 0.25) is 5.76 Å². The summed E-state index contributed by atoms with van der Waals surface area (Å²) in [6.07, 6.45) is 4.34. The largest absolute Gasteiger partial charge is 0.870 e. The smallest absolute Gasteiger partial charge is 0.387 e. The van der Waals surface area contributed by atoms with Crippen molar-refractivity contribution >= 4 is 35.1 Å². The van der Waals surface area contributed by atoms with Crippen molar-refractivity contribution in [2.24, 2.45) is 5.92 Å². The molecule has 3 aromatic carbocycles. The molecule has 5 aromatic rings. The number of benzene rings is 3. The zero-order valence-electron chi connectivity index (χ0n) is 32.2. The van der Waals surface area contributed by atoms with Gasteiger partial charge in [-0.15, -0.1) is 0 Å². The normalized spacial score (nSPS) is 18.0. The molecule has 3 aliphatic heterocycles. The fourth-order valence-corrected chi connectivity index (χ4v) is 8.07. The monoisotopic (exact) mass is 852 g/mol. The molecule has 312 valence electrons. The van der Waals surface area contributed by atoms with Gasteiger partial charge in [-0.25, -0.2) is 9.78 Å². The maximum Gasteiger partial charge on any atom is 0.387 e. The predicted octanol–water partition coefficient (Wildman–Crippen LogP) is 9.10. The number of nitrogens with zero attached hydrogens (tertiary/aromatic N) is 1. The molecule has 0 radical (unpaired) electrons. The number of nitrogens with one attached hydrogen (secondary N) is 1. The Morgan fingerprint density at radius 1 is 0.881 bits per heavy atom. The van der Waals surface area contributed by atoms with Crippen LogP contribution in [0.2, 0.25) is 10.0 Å². The van der Waals surface area contributed by atoms with Crippen LogP contribution in [0.4, 0.5) is 8.78 Å². The molecule has 5 heterocycles. The van der Waals surface area contributed by atoms with Crippen molar-refractivity contribution in [2.45, 2.75) is 64.0 Å². The van der Waals surface area contributed by atoms with E-state index in [0.717, 1.165) is 43.6 Å². The number of aromatic nitrogens is 1. The summed E-state index contributed by atoms with van der Waals surface area (Å²) in [6, 6.07) is 24.8. The van der Waals surface area contributed by atoms with Gasteiger partial charge in [-0.1, -0.05) is 71.7 Å². The molecule has 8 rings (SSSR count). The number of esters is 2. The van der Waals surface area contributed by atoms with Gasteiger partial charge in [0.05, 0.1) is 13.0 Å². The van der Waals surface area contributed by atoms with E-state index in [1.807, 2.05) is 54.6 Å². The molecule has 0 saturated carbocycles. The molecular formula is C44H44Cl2F2N2O9. The van der Waals surface area contributed by atoms with Gasteiger partial charge in [0.25, 0.3) is 0 Å². The van der Waals surface area contributed by atoms with Gasteiger partial charge in [0.15, 0.2) is 23.9 Å². The summed E-state index contributed by atoms with van der Waals surface area (Å²) in [5.74, 6) is -0.185. The van der Waals surface area contributed by atoms with Crippen LogP contribution in [0.1, 0.15) is 76.8 Å². The van der Waals surface area contributed by atoms with Gasteiger partial charge in [-0.3, -0.25) is 9.69 Å². The topological polar surface area (TPSA) is 141 Å². The van der Waals surface area contributed by atoms with E-state index in [2.05, 4.69) is 14.6 Å². The lowest BCUT2D eigenvalue weighted by atomic mass is 9.85. The Kier molecular flexibility index (Phi) is 14.8. The number of H-pyrrole nitrogens is 1. The van der Waals surface area contributed by atoms with Crippen molar-refractivity contribution < 1.29 is 56.9 Å². The third-order valence-corrected chi connectivity index (χ3v) is 11.1. The number of halogens is 4. The summed E-state index contributed by atoms with van der Waals surface area (Å²) in [7, 11) is 0. The second-order valence-corrected chi connectivity index (χ2v) is 15.0. The minimum absolute atomic E-state index is 0. The SMILES string of the molecule is CCOc1cc([C@H](Cc2c(Cl)c[nH+]cc2Cl)OC(=O)c2ccc(COc3cccc([C@@H](CC(=O)O[C@H]4CN5CCC4CC5)c4ccccc4)c3)o2)ccc1OC(F)F.[OH-]. The molecule has 2 N–H and O–H groups in total. The minimum Gasteiger partial charge on any atom is -0.870 e. The van der Waals surface area contributed by atoms with Crippen molar-refractivity contribution in [3.05, 3.63) is 141 Å². The number of piperidine rings is 3. The Morgan fingerprint density at radius 2 is 1.63 bits per heavy atom. The number of ether oxygens (including phenoxy) is 5. The summed E-state index contributed by atoms with van der Waals surface area (Å²) in [6.45, 7) is 1.72. The molecule has 3 saturated heterocycles. The van der Waals surface area contributed by atoms with E-state index in [9.17, 15) is 18.4 Å². The zero-order chi connectivity index (χ0) is 40.6. The lowest BCUT2D eigenvalue weighted by Crippen LogP contribution is -2.52. The van der Waals surface area contributed by atoms with Gasteiger partial charge < -0.3 is 33.6 Å². The molecule has 11 nitrogen and oxygen atoms in total. The molecule has 2 bridgehead atoms. The van der Waals surface area contributed by atoms with Crippen LogP contribution in [-0.4, -0.2) is 61.3 Å². The summed E-state index contributed by atoms with van der Waals surface area (Å²) in [5, 5.41) is 0.606. The van der Waals surface area contributed by atoms with E-state index in [4.69, 9.17) is 46.6 Å². The van der Waals surface area contributed by atoms with Crippen LogP contribution in [0.3, 0.4) is 0 Å². The first-order valence-corrected chi connectivity index (χ1v) is 19.9. The lowest BCUT2D eigenvalue weighted by Gasteiger charge is -2.44. The zero-order valence-corrected chi connectivity index (χ0v) is 33.7. The minimum atomic E-state index is -3.07. The Bertz CT molecular complexity index is 2160. The van der Waals surface area contributed by atoms with Crippen LogP contribution in [-0.2, 0) is 27.3 Å². The molecule has 3 atom stereocenters. The summed E-state index contributed by atoms with van der Waals surface area (Å²) < 4.78 is 60.4. The van der Waals surface area contributed by atoms with Crippen LogP contribution >= 0.6 is 23.2 Å². The van der Waals surface area contributed by atoms with Crippen LogP contribution in [0.15, 0.2) is 102 Å². The third kappa shape index (κ3) is 11.1. The van der Waals surface area contributed by atoms with E-state index < -0.39 is 18.7 Å². The number of pyridine rings is 1. The fourth-order valence-electron chi connectivity index (χ4n) is 7.54. The van der Waals surface area contributed by atoms with E-state index in [1.54, 1.807) is 13.0 Å². The molecule has 0 spiro atoms. The lowest BCUT2D eigenvalue weighted by molar-refractivity contribution is -0.377. The molecule has 15 heteroatoms. The number of rotatable bonds is 17. The summed E-state index contributed by atoms with van der Waals surface area (Å²) >= 11 is 12.9. The van der Waals surface area contributed by atoms with Gasteiger partial charge >= 0.3 is 18.6 Å². The average Bonchev–Trinajstić information content (AvgIpc) is 3.71. The molecule has 0 unspecified atom stereocenters. The highest BCUT2D eigenvalue weighted by Crippen LogP contribution is 2.37. The molecular weight excluding hydrogens is 809 g/mol. The van der Waals surface area contributed by atoms with Crippen molar-refractivity contribution in [3.63, 3.8) is 0 Å². The molecule has 2 aromatic heterocycles. The van der Waals surface area contributed by atoms with Crippen molar-refractivity contribution in [2.75, 3.05) is 26.2 Å². The Morgan fingerprint density at radius 3 is 2.32 bits per heavy atom. The highest BCUT2D eigenvalue weighted by molar-refractivity contribution is 6.35. The second kappa shape index (κ2) is 20.2. The summed E-state index contributed by atoms with van der Waals surface area (Å²) in [4.78, 5) is 32.2. The van der Waals surface area contributed by atoms with E-state index in [1.165, 1.54) is 36.7 Å². The fraction of sp³-hybridized carbons (Fsp3) is 0.341. The van der Waals surface area contributed by atoms with Crippen molar-refractivity contribution in [3.8, 4) is 17.2 Å². The quantitative estimate of drug-likeness (QED) is 0.0832. The molecule has 3 aliphatic rings. The van der Waals surface area contributed by atoms with Gasteiger partial charge in [0, 0.05) is 24.4 Å². The van der Waals surface area contributed by atoms with Crippen LogP contribution < -0.4 is 19.2 Å². The second-order valence-electron chi connectivity index (χ2n) is 14.2. The Labute approximate surface area is 350 Å². The maximum atomic E-state index is 13.6. The van der Waals surface area contributed by atoms with E-state index >= 15 is 0 Å². The van der Waals surface area contributed by atoms with Gasteiger partial charge in [-0.05, 0) is 91.9 Å². The number of fused-ring (bicyclic) bond motifs is 3.